The van der Waals surface area contributed by atoms with Crippen LogP contribution in [0.3, 0.4) is 0 Å². The lowest BCUT2D eigenvalue weighted by molar-refractivity contribution is 1.50. The van der Waals surface area contributed by atoms with E-state index in [0.717, 1.165) is 5.39 Å². The fraction of sp³-hybridized carbons (Fsp3) is 0. The van der Waals surface area contributed by atoms with Gasteiger partial charge in [0, 0.05) is 20.2 Å². The first-order chi connectivity index (χ1) is 7.38. The molecule has 3 aromatic rings. The van der Waals surface area contributed by atoms with Gasteiger partial charge in [0.1, 0.15) is 0 Å². The SMILES string of the molecule is N#Cc1ccc2sc3cc[c]cc3c2c1. The van der Waals surface area contributed by atoms with E-state index in [1.54, 1.807) is 11.3 Å². The summed E-state index contributed by atoms with van der Waals surface area (Å²) in [6.07, 6.45) is 0. The summed E-state index contributed by atoms with van der Waals surface area (Å²) in [5.41, 5.74) is 0.714. The zero-order valence-electron chi connectivity index (χ0n) is 7.82. The zero-order valence-corrected chi connectivity index (χ0v) is 8.64. The summed E-state index contributed by atoms with van der Waals surface area (Å²) in [6, 6.07) is 17.0. The largest absolute Gasteiger partial charge is 0.192 e. The third kappa shape index (κ3) is 1.21. The molecule has 0 saturated heterocycles. The number of hydrogen-bond donors (Lipinski definition) is 0. The molecule has 0 fully saturated rings. The highest BCUT2D eigenvalue weighted by Gasteiger charge is 2.04. The van der Waals surface area contributed by atoms with E-state index in [0.29, 0.717) is 5.56 Å². The van der Waals surface area contributed by atoms with Crippen molar-refractivity contribution in [2.45, 2.75) is 0 Å². The highest BCUT2D eigenvalue weighted by Crippen LogP contribution is 2.33. The van der Waals surface area contributed by atoms with Crippen molar-refractivity contribution in [3.63, 3.8) is 0 Å². The van der Waals surface area contributed by atoms with E-state index in [2.05, 4.69) is 18.2 Å². The lowest BCUT2D eigenvalue weighted by atomic mass is 10.1. The Kier molecular flexibility index (Phi) is 1.74. The van der Waals surface area contributed by atoms with Crippen LogP contribution >= 0.6 is 11.3 Å². The lowest BCUT2D eigenvalue weighted by Crippen LogP contribution is -1.71. The summed E-state index contributed by atoms with van der Waals surface area (Å²) >= 11 is 1.75. The van der Waals surface area contributed by atoms with Crippen molar-refractivity contribution in [2.24, 2.45) is 0 Å². The molecule has 15 heavy (non-hydrogen) atoms. The van der Waals surface area contributed by atoms with Crippen LogP contribution in [0.25, 0.3) is 20.2 Å². The highest BCUT2D eigenvalue weighted by atomic mass is 32.1. The summed E-state index contributed by atoms with van der Waals surface area (Å²) in [5.74, 6) is 0. The predicted molar refractivity (Wildman–Crippen MR) is 62.9 cm³/mol. The number of nitriles is 1. The molecule has 2 aromatic carbocycles. The van der Waals surface area contributed by atoms with Crippen LogP contribution in [0.4, 0.5) is 0 Å². The summed E-state index contributed by atoms with van der Waals surface area (Å²) < 4.78 is 2.47. The molecule has 0 aliphatic heterocycles. The van der Waals surface area contributed by atoms with E-state index in [1.807, 2.05) is 30.3 Å². The quantitative estimate of drug-likeness (QED) is 0.552. The van der Waals surface area contributed by atoms with Crippen molar-refractivity contribution in [3.05, 3.63) is 48.0 Å². The van der Waals surface area contributed by atoms with Crippen molar-refractivity contribution in [1.29, 1.82) is 5.26 Å². The predicted octanol–water partition coefficient (Wildman–Crippen LogP) is 3.73. The van der Waals surface area contributed by atoms with Gasteiger partial charge in [-0.2, -0.15) is 5.26 Å². The number of nitrogens with zero attached hydrogens (tertiary/aromatic N) is 1. The molecule has 0 N–H and O–H groups in total. The maximum atomic E-state index is 8.85. The Hall–Kier alpha value is -1.85. The first kappa shape index (κ1) is 8.46. The van der Waals surface area contributed by atoms with Crippen LogP contribution in [-0.2, 0) is 0 Å². The second-order valence-corrected chi connectivity index (χ2v) is 4.43. The van der Waals surface area contributed by atoms with Gasteiger partial charge in [-0.1, -0.05) is 6.07 Å². The second-order valence-electron chi connectivity index (χ2n) is 3.35. The Morgan fingerprint density at radius 2 is 2.00 bits per heavy atom. The number of fused-ring (bicyclic) bond motifs is 3. The number of thiophene rings is 1. The Morgan fingerprint density at radius 1 is 1.13 bits per heavy atom. The van der Waals surface area contributed by atoms with Gasteiger partial charge in [0.15, 0.2) is 0 Å². The average molecular weight is 208 g/mol. The fourth-order valence-electron chi connectivity index (χ4n) is 1.73. The van der Waals surface area contributed by atoms with E-state index in [-0.39, 0.29) is 0 Å². The molecular weight excluding hydrogens is 202 g/mol. The van der Waals surface area contributed by atoms with E-state index >= 15 is 0 Å². The van der Waals surface area contributed by atoms with Crippen molar-refractivity contribution in [3.8, 4) is 6.07 Å². The molecule has 1 heterocycles. The maximum Gasteiger partial charge on any atom is 0.0991 e. The normalized spacial score (nSPS) is 10.6. The minimum absolute atomic E-state index is 0.714. The monoisotopic (exact) mass is 208 g/mol. The molecule has 0 aliphatic rings. The Morgan fingerprint density at radius 3 is 2.87 bits per heavy atom. The van der Waals surface area contributed by atoms with Crippen LogP contribution in [0.15, 0.2) is 36.4 Å². The van der Waals surface area contributed by atoms with Gasteiger partial charge in [0.25, 0.3) is 0 Å². The molecule has 69 valence electrons. The standard InChI is InChI=1S/C13H6NS/c14-8-9-5-6-13-11(7-9)10-3-1-2-4-12(10)15-13/h2-7H. The topological polar surface area (TPSA) is 23.8 Å². The Bertz CT molecular complexity index is 688. The first-order valence-corrected chi connectivity index (χ1v) is 5.42. The average Bonchev–Trinajstić information content (AvgIpc) is 2.66. The van der Waals surface area contributed by atoms with Gasteiger partial charge in [-0.3, -0.25) is 0 Å². The van der Waals surface area contributed by atoms with Gasteiger partial charge >= 0.3 is 0 Å². The maximum absolute atomic E-state index is 8.85. The van der Waals surface area contributed by atoms with Crippen LogP contribution in [0, 0.1) is 17.4 Å². The minimum Gasteiger partial charge on any atom is -0.192 e. The summed E-state index contributed by atoms with van der Waals surface area (Å²) in [7, 11) is 0. The summed E-state index contributed by atoms with van der Waals surface area (Å²) in [6.45, 7) is 0. The number of benzene rings is 2. The van der Waals surface area contributed by atoms with Crippen molar-refractivity contribution in [2.75, 3.05) is 0 Å². The van der Waals surface area contributed by atoms with Crippen LogP contribution in [0.5, 0.6) is 0 Å². The third-order valence-corrected chi connectivity index (χ3v) is 3.59. The van der Waals surface area contributed by atoms with E-state index in [1.165, 1.54) is 14.8 Å². The molecule has 1 nitrogen and oxygen atoms in total. The Balaban J connectivity index is 2.53. The molecule has 0 bridgehead atoms. The molecule has 0 atom stereocenters. The smallest absolute Gasteiger partial charge is 0.0991 e. The van der Waals surface area contributed by atoms with Crippen LogP contribution in [-0.4, -0.2) is 0 Å². The zero-order chi connectivity index (χ0) is 10.3. The van der Waals surface area contributed by atoms with Crippen molar-refractivity contribution >= 4 is 31.5 Å². The van der Waals surface area contributed by atoms with E-state index < -0.39 is 0 Å². The van der Waals surface area contributed by atoms with Crippen LogP contribution in [0.2, 0.25) is 0 Å². The molecule has 0 unspecified atom stereocenters. The van der Waals surface area contributed by atoms with Gasteiger partial charge in [-0.05, 0) is 36.4 Å². The van der Waals surface area contributed by atoms with Gasteiger partial charge in [0.2, 0.25) is 0 Å². The third-order valence-electron chi connectivity index (χ3n) is 2.44. The summed E-state index contributed by atoms with van der Waals surface area (Å²) in [5, 5.41) is 11.2. The van der Waals surface area contributed by atoms with E-state index in [4.69, 9.17) is 5.26 Å². The van der Waals surface area contributed by atoms with Crippen molar-refractivity contribution < 1.29 is 0 Å². The molecule has 0 amide bonds. The molecule has 2 heteroatoms. The van der Waals surface area contributed by atoms with Crippen molar-refractivity contribution in [1.82, 2.24) is 0 Å². The van der Waals surface area contributed by atoms with Gasteiger partial charge in [-0.15, -0.1) is 11.3 Å². The lowest BCUT2D eigenvalue weighted by Gasteiger charge is -1.91. The molecule has 0 spiro atoms. The molecule has 1 aromatic heterocycles. The first-order valence-electron chi connectivity index (χ1n) is 4.61. The molecule has 0 saturated carbocycles. The number of rotatable bonds is 0. The molecule has 3 rings (SSSR count). The fourth-order valence-corrected chi connectivity index (χ4v) is 2.80. The van der Waals surface area contributed by atoms with Gasteiger partial charge in [-0.25, -0.2) is 0 Å². The molecular formula is C13H6NS. The Labute approximate surface area is 91.2 Å². The van der Waals surface area contributed by atoms with Crippen LogP contribution < -0.4 is 0 Å². The molecule has 0 aliphatic carbocycles. The highest BCUT2D eigenvalue weighted by molar-refractivity contribution is 7.25. The van der Waals surface area contributed by atoms with E-state index in [9.17, 15) is 0 Å². The minimum atomic E-state index is 0.714. The van der Waals surface area contributed by atoms with Crippen LogP contribution in [0.1, 0.15) is 5.56 Å². The van der Waals surface area contributed by atoms with Gasteiger partial charge in [0.05, 0.1) is 11.6 Å². The summed E-state index contributed by atoms with van der Waals surface area (Å²) in [4.78, 5) is 0. The van der Waals surface area contributed by atoms with Gasteiger partial charge < -0.3 is 0 Å². The second kappa shape index (κ2) is 3.08. The number of hydrogen-bond acceptors (Lipinski definition) is 2. The molecule has 1 radical (unpaired) electrons.